The van der Waals surface area contributed by atoms with Crippen LogP contribution in [0.4, 0.5) is 0 Å². The van der Waals surface area contributed by atoms with Gasteiger partial charge in [-0.05, 0) is 43.9 Å². The molecule has 0 spiro atoms. The Hall–Kier alpha value is -0.750. The van der Waals surface area contributed by atoms with Crippen LogP contribution in [0.15, 0.2) is 24.3 Å². The maximum Gasteiger partial charge on any atom is 0.140 e. The second-order valence-electron chi connectivity index (χ2n) is 4.59. The van der Waals surface area contributed by atoms with Crippen molar-refractivity contribution in [3.8, 4) is 5.75 Å². The Bertz CT molecular complexity index is 351. The molecular weight excluding hydrogens is 219 g/mol. The molecule has 0 N–H and O–H groups in total. The minimum atomic E-state index is -2.08. The molecule has 1 aromatic rings. The molecule has 0 unspecified atom stereocenters. The van der Waals surface area contributed by atoms with Gasteiger partial charge >= 0.3 is 0 Å². The first kappa shape index (κ1) is 13.3. The molecule has 0 heterocycles. The second-order valence-corrected chi connectivity index (χ2v) is 8.00. The lowest BCUT2D eigenvalue weighted by atomic mass is 10.1. The molecule has 0 aliphatic rings. The highest BCUT2D eigenvalue weighted by Gasteiger charge is 2.07. The summed E-state index contributed by atoms with van der Waals surface area (Å²) in [5.74, 6) is 0.809. The molecule has 3 heteroatoms. The van der Waals surface area contributed by atoms with Crippen LogP contribution in [0.3, 0.4) is 0 Å². The van der Waals surface area contributed by atoms with Crippen molar-refractivity contribution in [3.05, 3.63) is 29.8 Å². The number of rotatable bonds is 6. The van der Waals surface area contributed by atoms with Crippen LogP contribution in [0, 0.1) is 0 Å². The van der Waals surface area contributed by atoms with E-state index in [4.69, 9.17) is 4.74 Å². The molecule has 0 aliphatic carbocycles. The third-order valence-electron chi connectivity index (χ3n) is 2.28. The van der Waals surface area contributed by atoms with E-state index in [9.17, 15) is 4.57 Å². The van der Waals surface area contributed by atoms with Crippen LogP contribution in [-0.2, 0) is 11.0 Å². The Morgan fingerprint density at radius 3 is 2.31 bits per heavy atom. The summed E-state index contributed by atoms with van der Waals surface area (Å²) in [7, 11) is -2.08. The third kappa shape index (κ3) is 5.37. The first-order chi connectivity index (χ1) is 7.51. The second kappa shape index (κ2) is 6.10. The zero-order chi connectivity index (χ0) is 12.0. The summed E-state index contributed by atoms with van der Waals surface area (Å²) in [4.78, 5) is 0. The summed E-state index contributed by atoms with van der Waals surface area (Å²) in [5, 5.41) is 0. The van der Waals surface area contributed by atoms with Crippen LogP contribution < -0.4 is 4.74 Å². The Morgan fingerprint density at radius 1 is 1.19 bits per heavy atom. The summed E-state index contributed by atoms with van der Waals surface area (Å²) in [6.45, 7) is 5.67. The zero-order valence-electron chi connectivity index (χ0n) is 10.4. The largest absolute Gasteiger partial charge is 0.486 e. The Labute approximate surface area is 98.4 Å². The van der Waals surface area contributed by atoms with Gasteiger partial charge in [-0.2, -0.15) is 0 Å². The van der Waals surface area contributed by atoms with Gasteiger partial charge in [0.05, 0.1) is 0 Å². The third-order valence-corrected chi connectivity index (χ3v) is 3.04. The van der Waals surface area contributed by atoms with E-state index in [0.717, 1.165) is 12.2 Å². The van der Waals surface area contributed by atoms with Crippen LogP contribution in [0.5, 0.6) is 5.75 Å². The maximum atomic E-state index is 11.5. The van der Waals surface area contributed by atoms with E-state index < -0.39 is 7.14 Å². The SMILES string of the molecule is CCCCc1ccc(OCP(C)(C)=O)cc1. The Balaban J connectivity index is 2.48. The fourth-order valence-corrected chi connectivity index (χ4v) is 1.82. The number of unbranched alkanes of at least 4 members (excludes halogenated alkanes) is 1. The van der Waals surface area contributed by atoms with Gasteiger partial charge in [-0.15, -0.1) is 0 Å². The number of ether oxygens (including phenoxy) is 1. The van der Waals surface area contributed by atoms with Crippen molar-refractivity contribution in [1.29, 1.82) is 0 Å². The lowest BCUT2D eigenvalue weighted by Gasteiger charge is -2.09. The first-order valence-electron chi connectivity index (χ1n) is 5.77. The monoisotopic (exact) mass is 240 g/mol. The number of benzene rings is 1. The van der Waals surface area contributed by atoms with Crippen molar-refractivity contribution in [2.75, 3.05) is 19.7 Å². The van der Waals surface area contributed by atoms with E-state index in [0.29, 0.717) is 6.35 Å². The topological polar surface area (TPSA) is 26.3 Å². The Kier molecular flexibility index (Phi) is 5.08. The van der Waals surface area contributed by atoms with Gasteiger partial charge in [0, 0.05) is 0 Å². The van der Waals surface area contributed by atoms with Crippen molar-refractivity contribution in [3.63, 3.8) is 0 Å². The van der Waals surface area contributed by atoms with E-state index in [1.54, 1.807) is 13.3 Å². The normalized spacial score (nSPS) is 11.4. The van der Waals surface area contributed by atoms with Crippen LogP contribution in [0.25, 0.3) is 0 Å². The molecule has 0 bridgehead atoms. The molecule has 0 fully saturated rings. The minimum Gasteiger partial charge on any atom is -0.486 e. The van der Waals surface area contributed by atoms with Crippen molar-refractivity contribution < 1.29 is 9.30 Å². The predicted molar refractivity (Wildman–Crippen MR) is 70.0 cm³/mol. The van der Waals surface area contributed by atoms with E-state index in [1.165, 1.54) is 18.4 Å². The fourth-order valence-electron chi connectivity index (χ4n) is 1.36. The summed E-state index contributed by atoms with van der Waals surface area (Å²) < 4.78 is 16.9. The van der Waals surface area contributed by atoms with Gasteiger partial charge in [-0.1, -0.05) is 25.5 Å². The molecule has 0 radical (unpaired) electrons. The molecule has 2 nitrogen and oxygen atoms in total. The molecule has 0 atom stereocenters. The van der Waals surface area contributed by atoms with E-state index in [2.05, 4.69) is 19.1 Å². The highest BCUT2D eigenvalue weighted by atomic mass is 31.2. The molecule has 0 saturated heterocycles. The first-order valence-corrected chi connectivity index (χ1v) is 8.55. The lowest BCUT2D eigenvalue weighted by molar-refractivity contribution is 0.378. The van der Waals surface area contributed by atoms with Crippen LogP contribution >= 0.6 is 7.14 Å². The quantitative estimate of drug-likeness (QED) is 0.703. The molecular formula is C13H21O2P. The molecule has 0 aliphatic heterocycles. The number of hydrogen-bond acceptors (Lipinski definition) is 2. The predicted octanol–water partition coefficient (Wildman–Crippen LogP) is 3.99. The minimum absolute atomic E-state index is 0.321. The molecule has 1 rings (SSSR count). The van der Waals surface area contributed by atoms with Crippen LogP contribution in [0.1, 0.15) is 25.3 Å². The summed E-state index contributed by atoms with van der Waals surface area (Å²) in [6.07, 6.45) is 3.88. The van der Waals surface area contributed by atoms with Crippen LogP contribution in [-0.4, -0.2) is 19.7 Å². The maximum absolute atomic E-state index is 11.5. The average molecular weight is 240 g/mol. The van der Waals surface area contributed by atoms with Gasteiger partial charge in [-0.25, -0.2) is 0 Å². The van der Waals surface area contributed by atoms with Gasteiger partial charge < -0.3 is 9.30 Å². The van der Waals surface area contributed by atoms with Crippen molar-refractivity contribution in [1.82, 2.24) is 0 Å². The molecule has 0 amide bonds. The van der Waals surface area contributed by atoms with E-state index >= 15 is 0 Å². The summed E-state index contributed by atoms with van der Waals surface area (Å²) in [5.41, 5.74) is 1.34. The molecule has 0 saturated carbocycles. The highest BCUT2D eigenvalue weighted by Crippen LogP contribution is 2.35. The number of aryl methyl sites for hydroxylation is 1. The molecule has 90 valence electrons. The standard InChI is InChI=1S/C13H21O2P/c1-4-5-6-12-7-9-13(10-8-12)15-11-16(2,3)14/h7-10H,4-6,11H2,1-3H3. The van der Waals surface area contributed by atoms with Gasteiger partial charge in [-0.3, -0.25) is 0 Å². The fraction of sp³-hybridized carbons (Fsp3) is 0.538. The van der Waals surface area contributed by atoms with Crippen molar-refractivity contribution in [2.24, 2.45) is 0 Å². The van der Waals surface area contributed by atoms with E-state index in [1.807, 2.05) is 12.1 Å². The lowest BCUT2D eigenvalue weighted by Crippen LogP contribution is -1.97. The smallest absolute Gasteiger partial charge is 0.140 e. The van der Waals surface area contributed by atoms with Crippen molar-refractivity contribution >= 4 is 7.14 Å². The molecule has 1 aromatic carbocycles. The summed E-state index contributed by atoms with van der Waals surface area (Å²) >= 11 is 0. The van der Waals surface area contributed by atoms with E-state index in [-0.39, 0.29) is 0 Å². The Morgan fingerprint density at radius 2 is 1.81 bits per heavy atom. The van der Waals surface area contributed by atoms with Gasteiger partial charge in [0.2, 0.25) is 0 Å². The number of hydrogen-bond donors (Lipinski definition) is 0. The zero-order valence-corrected chi connectivity index (χ0v) is 11.3. The van der Waals surface area contributed by atoms with Crippen molar-refractivity contribution in [2.45, 2.75) is 26.2 Å². The molecule has 16 heavy (non-hydrogen) atoms. The molecule has 0 aromatic heterocycles. The van der Waals surface area contributed by atoms with Gasteiger partial charge in [0.1, 0.15) is 19.2 Å². The van der Waals surface area contributed by atoms with Gasteiger partial charge in [0.15, 0.2) is 0 Å². The summed E-state index contributed by atoms with van der Waals surface area (Å²) in [6, 6.07) is 8.09. The van der Waals surface area contributed by atoms with Crippen LogP contribution in [0.2, 0.25) is 0 Å². The average Bonchev–Trinajstić information content (AvgIpc) is 2.24. The highest BCUT2D eigenvalue weighted by molar-refractivity contribution is 7.62. The van der Waals surface area contributed by atoms with Gasteiger partial charge in [0.25, 0.3) is 0 Å².